The van der Waals surface area contributed by atoms with E-state index in [4.69, 9.17) is 4.74 Å². The summed E-state index contributed by atoms with van der Waals surface area (Å²) in [5, 5.41) is 2.60. The predicted molar refractivity (Wildman–Crippen MR) is 128 cm³/mol. The van der Waals surface area contributed by atoms with Gasteiger partial charge >= 0.3 is 0 Å². The molecular formula is C28H25OP. The Bertz CT molecular complexity index is 1090. The average Bonchev–Trinajstić information content (AvgIpc) is 2.77. The van der Waals surface area contributed by atoms with Gasteiger partial charge in [-0.25, -0.2) is 0 Å². The third kappa shape index (κ3) is 3.44. The minimum atomic E-state index is -0.104. The third-order valence-corrected chi connectivity index (χ3v) is 7.24. The second kappa shape index (κ2) is 7.74. The van der Waals surface area contributed by atoms with Crippen LogP contribution in [0.5, 0.6) is 11.5 Å². The van der Waals surface area contributed by atoms with E-state index in [0.29, 0.717) is 8.58 Å². The monoisotopic (exact) mass is 408 g/mol. The molecule has 2 heteroatoms. The molecule has 5 rings (SSSR count). The lowest BCUT2D eigenvalue weighted by Crippen LogP contribution is -2.27. The Kier molecular flexibility index (Phi) is 4.93. The fraction of sp³-hybridized carbons (Fsp3) is 0.143. The van der Waals surface area contributed by atoms with Crippen LogP contribution in [0.4, 0.5) is 0 Å². The van der Waals surface area contributed by atoms with Gasteiger partial charge in [0, 0.05) is 28.3 Å². The highest BCUT2D eigenvalue weighted by molar-refractivity contribution is 7.55. The molecular weight excluding hydrogens is 383 g/mol. The highest BCUT2D eigenvalue weighted by Gasteiger charge is 2.36. The van der Waals surface area contributed by atoms with Crippen molar-refractivity contribution in [1.82, 2.24) is 0 Å². The van der Waals surface area contributed by atoms with E-state index in [-0.39, 0.29) is 5.41 Å². The van der Waals surface area contributed by atoms with Gasteiger partial charge in [-0.05, 0) is 16.4 Å². The van der Waals surface area contributed by atoms with Crippen molar-refractivity contribution in [2.45, 2.75) is 25.7 Å². The normalized spacial score (nSPS) is 14.2. The summed E-state index contributed by atoms with van der Waals surface area (Å²) in [6.45, 7) is 4.63. The van der Waals surface area contributed by atoms with Gasteiger partial charge in [0.1, 0.15) is 11.5 Å². The summed E-state index contributed by atoms with van der Waals surface area (Å²) in [4.78, 5) is 0. The zero-order valence-corrected chi connectivity index (χ0v) is 18.4. The van der Waals surface area contributed by atoms with Crippen molar-refractivity contribution in [1.29, 1.82) is 0 Å². The number of hydrogen-bond donors (Lipinski definition) is 0. The predicted octanol–water partition coefficient (Wildman–Crippen LogP) is 6.34. The van der Waals surface area contributed by atoms with Gasteiger partial charge in [0.05, 0.1) is 0 Å². The van der Waals surface area contributed by atoms with Crippen LogP contribution < -0.4 is 15.3 Å². The Labute approximate surface area is 180 Å². The Morgan fingerprint density at radius 2 is 1.30 bits per heavy atom. The number of benzene rings is 4. The quantitative estimate of drug-likeness (QED) is 0.358. The van der Waals surface area contributed by atoms with Gasteiger partial charge < -0.3 is 4.74 Å². The topological polar surface area (TPSA) is 9.23 Å². The van der Waals surface area contributed by atoms with Crippen molar-refractivity contribution in [2.24, 2.45) is 0 Å². The van der Waals surface area contributed by atoms with Gasteiger partial charge in [-0.1, -0.05) is 119 Å². The molecule has 0 amide bonds. The van der Waals surface area contributed by atoms with Crippen molar-refractivity contribution in [3.8, 4) is 11.5 Å². The molecule has 0 radical (unpaired) electrons. The number of para-hydroxylation sites is 2. The molecule has 4 aromatic carbocycles. The van der Waals surface area contributed by atoms with Crippen LogP contribution in [-0.4, -0.2) is 0 Å². The highest BCUT2D eigenvalue weighted by atomic mass is 31.1. The van der Waals surface area contributed by atoms with E-state index in [2.05, 4.69) is 111 Å². The van der Waals surface area contributed by atoms with E-state index < -0.39 is 0 Å². The molecule has 0 saturated heterocycles. The molecule has 4 aromatic rings. The lowest BCUT2D eigenvalue weighted by molar-refractivity contribution is 0.417. The largest absolute Gasteiger partial charge is 0.456 e. The van der Waals surface area contributed by atoms with Gasteiger partial charge in [-0.2, -0.15) is 0 Å². The summed E-state index contributed by atoms with van der Waals surface area (Å²) in [7, 11) is 0.574. The molecule has 0 aliphatic carbocycles. The minimum absolute atomic E-state index is 0.104. The molecule has 1 unspecified atom stereocenters. The second-order valence-electron chi connectivity index (χ2n) is 8.36. The number of ether oxygens (including phenoxy) is 1. The smallest absolute Gasteiger partial charge is 0.139 e. The van der Waals surface area contributed by atoms with Crippen LogP contribution in [0.3, 0.4) is 0 Å². The van der Waals surface area contributed by atoms with Crippen molar-refractivity contribution in [2.75, 3.05) is 0 Å². The van der Waals surface area contributed by atoms with Crippen molar-refractivity contribution < 1.29 is 4.74 Å². The SMILES string of the molecule is CC1(C)c2cccc(Cc3ccccc3)c2Oc2c(Pc3ccccc3)cccc21. The highest BCUT2D eigenvalue weighted by Crippen LogP contribution is 2.49. The fourth-order valence-electron chi connectivity index (χ4n) is 4.31. The molecule has 1 aliphatic rings. The molecule has 1 aliphatic heterocycles. The molecule has 0 aromatic heterocycles. The van der Waals surface area contributed by atoms with Crippen molar-refractivity contribution in [3.05, 3.63) is 119 Å². The van der Waals surface area contributed by atoms with Gasteiger partial charge in [-0.15, -0.1) is 0 Å². The van der Waals surface area contributed by atoms with E-state index in [1.807, 2.05) is 0 Å². The fourth-order valence-corrected chi connectivity index (χ4v) is 5.46. The van der Waals surface area contributed by atoms with Gasteiger partial charge in [0.15, 0.2) is 0 Å². The van der Waals surface area contributed by atoms with Crippen LogP contribution in [0.2, 0.25) is 0 Å². The van der Waals surface area contributed by atoms with Gasteiger partial charge in [-0.3, -0.25) is 0 Å². The molecule has 0 bridgehead atoms. The van der Waals surface area contributed by atoms with Gasteiger partial charge in [0.25, 0.3) is 0 Å². The first kappa shape index (κ1) is 19.1. The Morgan fingerprint density at radius 1 is 0.667 bits per heavy atom. The van der Waals surface area contributed by atoms with Crippen molar-refractivity contribution >= 4 is 19.2 Å². The van der Waals surface area contributed by atoms with Crippen LogP contribution in [0.1, 0.15) is 36.1 Å². The zero-order valence-electron chi connectivity index (χ0n) is 17.4. The molecule has 148 valence electrons. The third-order valence-electron chi connectivity index (χ3n) is 5.95. The molecule has 1 heterocycles. The molecule has 0 fully saturated rings. The number of fused-ring (bicyclic) bond motifs is 2. The summed E-state index contributed by atoms with van der Waals surface area (Å²) in [6.07, 6.45) is 0.874. The van der Waals surface area contributed by atoms with E-state index in [1.165, 1.54) is 32.9 Å². The first-order valence-corrected chi connectivity index (χ1v) is 11.4. The maximum absolute atomic E-state index is 6.73. The summed E-state index contributed by atoms with van der Waals surface area (Å²) in [6, 6.07) is 34.5. The molecule has 0 N–H and O–H groups in total. The van der Waals surface area contributed by atoms with Crippen LogP contribution in [0.15, 0.2) is 97.1 Å². The van der Waals surface area contributed by atoms with Crippen molar-refractivity contribution in [3.63, 3.8) is 0 Å². The maximum Gasteiger partial charge on any atom is 0.139 e. The average molecular weight is 408 g/mol. The lowest BCUT2D eigenvalue weighted by atomic mass is 9.75. The summed E-state index contributed by atoms with van der Waals surface area (Å²) in [5.74, 6) is 2.07. The summed E-state index contributed by atoms with van der Waals surface area (Å²) in [5.41, 5.74) is 4.98. The molecule has 1 nitrogen and oxygen atoms in total. The van der Waals surface area contributed by atoms with E-state index in [0.717, 1.165) is 17.9 Å². The zero-order chi connectivity index (χ0) is 20.6. The first-order valence-electron chi connectivity index (χ1n) is 10.4. The molecule has 0 saturated carbocycles. The molecule has 30 heavy (non-hydrogen) atoms. The van der Waals surface area contributed by atoms with E-state index in [1.54, 1.807) is 0 Å². The van der Waals surface area contributed by atoms with Gasteiger partial charge in [0.2, 0.25) is 0 Å². The summed E-state index contributed by atoms with van der Waals surface area (Å²) >= 11 is 0. The van der Waals surface area contributed by atoms with Crippen LogP contribution in [0.25, 0.3) is 0 Å². The Balaban J connectivity index is 1.60. The number of rotatable bonds is 4. The number of hydrogen-bond acceptors (Lipinski definition) is 1. The minimum Gasteiger partial charge on any atom is -0.456 e. The van der Waals surface area contributed by atoms with E-state index in [9.17, 15) is 0 Å². The molecule has 0 spiro atoms. The van der Waals surface area contributed by atoms with Crippen LogP contribution >= 0.6 is 8.58 Å². The lowest BCUT2D eigenvalue weighted by Gasteiger charge is -2.36. The second-order valence-corrected chi connectivity index (χ2v) is 9.72. The van der Waals surface area contributed by atoms with Crippen LogP contribution in [0, 0.1) is 0 Å². The maximum atomic E-state index is 6.73. The van der Waals surface area contributed by atoms with E-state index >= 15 is 0 Å². The Hall–Kier alpha value is -2.89. The van der Waals surface area contributed by atoms with Crippen LogP contribution in [-0.2, 0) is 11.8 Å². The standard InChI is InChI=1S/C28H25OP/c1-28(2)23-16-9-13-21(19-20-11-5-3-6-12-20)26(23)29-27-24(28)17-10-18-25(27)30-22-14-7-4-8-15-22/h3-18,30H,19H2,1-2H3. The Morgan fingerprint density at radius 3 is 2.03 bits per heavy atom. The summed E-state index contributed by atoms with van der Waals surface area (Å²) < 4.78 is 6.73. The molecule has 1 atom stereocenters. The first-order chi connectivity index (χ1) is 14.6.